The number of hydrogen-bond donors (Lipinski definition) is 0. The number of benzene rings is 2. The number of nitrogens with zero attached hydrogens (tertiary/aromatic N) is 2. The molecule has 1 aromatic heterocycles. The van der Waals surface area contributed by atoms with E-state index in [1.165, 1.54) is 4.88 Å². The Hall–Kier alpha value is -2.57. The van der Waals surface area contributed by atoms with Gasteiger partial charge in [0.05, 0.1) is 5.56 Å². The highest BCUT2D eigenvalue weighted by atomic mass is 32.1. The van der Waals surface area contributed by atoms with Crippen molar-refractivity contribution in [2.45, 2.75) is 20.3 Å². The maximum atomic E-state index is 9.89. The first-order chi connectivity index (χ1) is 11.8. The molecule has 0 aliphatic heterocycles. The van der Waals surface area contributed by atoms with Gasteiger partial charge in [-0.05, 0) is 31.0 Å². The summed E-state index contributed by atoms with van der Waals surface area (Å²) in [4.78, 5) is 3.50. The van der Waals surface area contributed by atoms with Crippen LogP contribution in [0, 0.1) is 11.3 Å². The average molecular weight is 332 g/mol. The van der Waals surface area contributed by atoms with Crippen LogP contribution in [0.2, 0.25) is 0 Å². The summed E-state index contributed by atoms with van der Waals surface area (Å²) in [6.45, 7) is 5.11. The van der Waals surface area contributed by atoms with E-state index in [4.69, 9.17) is 0 Å². The molecular weight excluding hydrogens is 312 g/mol. The Kier molecular flexibility index (Phi) is 4.98. The number of para-hydroxylation sites is 1. The Morgan fingerprint density at radius 3 is 2.12 bits per heavy atom. The summed E-state index contributed by atoms with van der Waals surface area (Å²) in [5.41, 5.74) is 4.13. The van der Waals surface area contributed by atoms with Crippen molar-refractivity contribution in [3.8, 4) is 17.2 Å². The molecule has 24 heavy (non-hydrogen) atoms. The minimum Gasteiger partial charge on any atom is -0.332 e. The Balaban J connectivity index is 2.19. The van der Waals surface area contributed by atoms with Gasteiger partial charge in [0.25, 0.3) is 0 Å². The first-order valence-electron chi connectivity index (χ1n) is 8.23. The van der Waals surface area contributed by atoms with Crippen LogP contribution in [-0.2, 0) is 6.42 Å². The van der Waals surface area contributed by atoms with Crippen LogP contribution in [-0.4, -0.2) is 6.54 Å². The molecule has 0 unspecified atom stereocenters. The van der Waals surface area contributed by atoms with Crippen molar-refractivity contribution in [1.29, 1.82) is 5.26 Å². The molecular formula is C21H20N2S. The third-order valence-electron chi connectivity index (χ3n) is 4.09. The van der Waals surface area contributed by atoms with Crippen molar-refractivity contribution in [3.63, 3.8) is 0 Å². The summed E-state index contributed by atoms with van der Waals surface area (Å²) in [5.74, 6) is 0. The zero-order valence-corrected chi connectivity index (χ0v) is 14.8. The fourth-order valence-corrected chi connectivity index (χ4v) is 4.26. The smallest absolute Gasteiger partial charge is 0.114 e. The van der Waals surface area contributed by atoms with E-state index in [1.807, 2.05) is 36.4 Å². The van der Waals surface area contributed by atoms with Gasteiger partial charge in [-0.1, -0.05) is 55.5 Å². The van der Waals surface area contributed by atoms with Crippen molar-refractivity contribution in [2.24, 2.45) is 0 Å². The highest BCUT2D eigenvalue weighted by molar-refractivity contribution is 7.17. The molecule has 120 valence electrons. The molecule has 3 aromatic rings. The molecule has 3 rings (SSSR count). The lowest BCUT2D eigenvalue weighted by Crippen LogP contribution is -2.15. The minimum atomic E-state index is 0.786. The highest BCUT2D eigenvalue weighted by Gasteiger charge is 2.22. The second kappa shape index (κ2) is 7.33. The minimum absolute atomic E-state index is 0.786. The van der Waals surface area contributed by atoms with Gasteiger partial charge in [0.1, 0.15) is 11.1 Å². The fraction of sp³-hybridized carbons (Fsp3) is 0.190. The number of aryl methyl sites for hydroxylation is 1. The van der Waals surface area contributed by atoms with Gasteiger partial charge in [-0.15, -0.1) is 11.3 Å². The van der Waals surface area contributed by atoms with Gasteiger partial charge in [-0.25, -0.2) is 0 Å². The molecule has 0 radical (unpaired) electrons. The molecule has 2 aromatic carbocycles. The quantitative estimate of drug-likeness (QED) is 0.572. The summed E-state index contributed by atoms with van der Waals surface area (Å²) in [7, 11) is 0. The first kappa shape index (κ1) is 16.3. The van der Waals surface area contributed by atoms with Gasteiger partial charge in [-0.3, -0.25) is 0 Å². The SMILES string of the molecule is CCc1sc(N(CC)c2ccccc2)c(C#N)c1-c1ccccc1. The Bertz CT molecular complexity index is 845. The second-order valence-corrected chi connectivity index (χ2v) is 6.58. The molecule has 0 fully saturated rings. The van der Waals surface area contributed by atoms with Crippen LogP contribution in [0.25, 0.3) is 11.1 Å². The lowest BCUT2D eigenvalue weighted by Gasteiger charge is -2.22. The molecule has 0 amide bonds. The molecule has 0 spiro atoms. The zero-order chi connectivity index (χ0) is 16.9. The summed E-state index contributed by atoms with van der Waals surface area (Å²) in [6.07, 6.45) is 0.927. The van der Waals surface area contributed by atoms with E-state index in [-0.39, 0.29) is 0 Å². The van der Waals surface area contributed by atoms with Crippen LogP contribution in [0.1, 0.15) is 24.3 Å². The maximum Gasteiger partial charge on any atom is 0.114 e. The van der Waals surface area contributed by atoms with Gasteiger partial charge in [0.15, 0.2) is 0 Å². The molecule has 0 N–H and O–H groups in total. The predicted octanol–water partition coefficient (Wildman–Crippen LogP) is 6.01. The van der Waals surface area contributed by atoms with E-state index in [2.05, 4.69) is 49.1 Å². The Morgan fingerprint density at radius 2 is 1.58 bits per heavy atom. The third-order valence-corrected chi connectivity index (χ3v) is 5.44. The summed E-state index contributed by atoms with van der Waals surface area (Å²) in [6, 6.07) is 23.0. The van der Waals surface area contributed by atoms with E-state index < -0.39 is 0 Å². The summed E-state index contributed by atoms with van der Waals surface area (Å²) >= 11 is 1.74. The Morgan fingerprint density at radius 1 is 0.958 bits per heavy atom. The van der Waals surface area contributed by atoms with Gasteiger partial charge in [0, 0.05) is 22.7 Å². The van der Waals surface area contributed by atoms with Crippen LogP contribution in [0.3, 0.4) is 0 Å². The molecule has 0 saturated heterocycles. The van der Waals surface area contributed by atoms with Crippen LogP contribution < -0.4 is 4.90 Å². The van der Waals surface area contributed by atoms with Crippen molar-refractivity contribution in [1.82, 2.24) is 0 Å². The second-order valence-electron chi connectivity index (χ2n) is 5.49. The van der Waals surface area contributed by atoms with Crippen molar-refractivity contribution < 1.29 is 0 Å². The van der Waals surface area contributed by atoms with Gasteiger partial charge in [-0.2, -0.15) is 5.26 Å². The fourth-order valence-electron chi connectivity index (χ4n) is 2.97. The van der Waals surface area contributed by atoms with E-state index in [0.29, 0.717) is 0 Å². The van der Waals surface area contributed by atoms with Crippen molar-refractivity contribution in [3.05, 3.63) is 71.1 Å². The molecule has 0 aliphatic carbocycles. The third kappa shape index (κ3) is 2.93. The molecule has 3 heteroatoms. The van der Waals surface area contributed by atoms with Crippen molar-refractivity contribution >= 4 is 22.0 Å². The van der Waals surface area contributed by atoms with E-state index >= 15 is 0 Å². The van der Waals surface area contributed by atoms with Crippen LogP contribution in [0.4, 0.5) is 10.7 Å². The number of anilines is 2. The molecule has 0 atom stereocenters. The number of hydrogen-bond acceptors (Lipinski definition) is 3. The molecule has 0 aliphatic rings. The number of thiophene rings is 1. The van der Waals surface area contributed by atoms with Gasteiger partial charge >= 0.3 is 0 Å². The predicted molar refractivity (Wildman–Crippen MR) is 103 cm³/mol. The largest absolute Gasteiger partial charge is 0.332 e. The Labute approximate surface area is 147 Å². The molecule has 0 bridgehead atoms. The lowest BCUT2D eigenvalue weighted by atomic mass is 10.0. The normalized spacial score (nSPS) is 10.4. The van der Waals surface area contributed by atoms with E-state index in [1.54, 1.807) is 11.3 Å². The van der Waals surface area contributed by atoms with Crippen LogP contribution in [0.15, 0.2) is 60.7 Å². The highest BCUT2D eigenvalue weighted by Crippen LogP contribution is 2.44. The maximum absolute atomic E-state index is 9.89. The van der Waals surface area contributed by atoms with Gasteiger partial charge < -0.3 is 4.90 Å². The topological polar surface area (TPSA) is 27.0 Å². The van der Waals surface area contributed by atoms with E-state index in [9.17, 15) is 5.26 Å². The standard InChI is InChI=1S/C21H20N2S/c1-3-19-20(16-11-7-5-8-12-16)18(15-22)21(24-19)23(4-2)17-13-9-6-10-14-17/h5-14H,3-4H2,1-2H3. The van der Waals surface area contributed by atoms with Gasteiger partial charge in [0.2, 0.25) is 0 Å². The zero-order valence-electron chi connectivity index (χ0n) is 14.0. The molecule has 0 saturated carbocycles. The van der Waals surface area contributed by atoms with Crippen LogP contribution >= 0.6 is 11.3 Å². The average Bonchev–Trinajstić information content (AvgIpc) is 3.02. The van der Waals surface area contributed by atoms with E-state index in [0.717, 1.165) is 40.3 Å². The number of rotatable bonds is 5. The molecule has 2 nitrogen and oxygen atoms in total. The number of nitriles is 1. The summed E-state index contributed by atoms with van der Waals surface area (Å²) < 4.78 is 0. The van der Waals surface area contributed by atoms with Crippen molar-refractivity contribution in [2.75, 3.05) is 11.4 Å². The monoisotopic (exact) mass is 332 g/mol. The summed E-state index contributed by atoms with van der Waals surface area (Å²) in [5, 5.41) is 10.9. The van der Waals surface area contributed by atoms with Crippen LogP contribution in [0.5, 0.6) is 0 Å². The lowest BCUT2D eigenvalue weighted by molar-refractivity contribution is 1.04. The molecule has 1 heterocycles. The first-order valence-corrected chi connectivity index (χ1v) is 9.05.